The fraction of sp³-hybridized carbons (Fsp3) is 1.00. The van der Waals surface area contributed by atoms with Gasteiger partial charge in [0.25, 0.3) is 0 Å². The largest absolute Gasteiger partial charge is 0.330 e. The van der Waals surface area contributed by atoms with Crippen LogP contribution >= 0.6 is 11.8 Å². The molecule has 0 amide bonds. The van der Waals surface area contributed by atoms with E-state index in [0.717, 1.165) is 17.8 Å². The number of thioether (sulfide) groups is 1. The van der Waals surface area contributed by atoms with E-state index < -0.39 is 0 Å². The van der Waals surface area contributed by atoms with Gasteiger partial charge >= 0.3 is 0 Å². The smallest absolute Gasteiger partial charge is 0.0184 e. The van der Waals surface area contributed by atoms with Crippen LogP contribution in [0.4, 0.5) is 0 Å². The van der Waals surface area contributed by atoms with Gasteiger partial charge in [0, 0.05) is 30.1 Å². The summed E-state index contributed by atoms with van der Waals surface area (Å²) in [6.07, 6.45) is 6.92. The molecule has 0 radical (unpaired) electrons. The topological polar surface area (TPSA) is 29.3 Å². The van der Waals surface area contributed by atoms with Gasteiger partial charge in [-0.2, -0.15) is 11.8 Å². The summed E-state index contributed by atoms with van der Waals surface area (Å²) < 4.78 is 0. The van der Waals surface area contributed by atoms with Gasteiger partial charge in [0.1, 0.15) is 0 Å². The van der Waals surface area contributed by atoms with Crippen molar-refractivity contribution >= 4 is 11.8 Å². The summed E-state index contributed by atoms with van der Waals surface area (Å²) in [6, 6.07) is 0.721. The Bertz CT molecular complexity index is 238. The first-order chi connectivity index (χ1) is 8.17. The molecule has 2 aliphatic rings. The van der Waals surface area contributed by atoms with Crippen LogP contribution in [0.3, 0.4) is 0 Å². The minimum atomic E-state index is 0.439. The summed E-state index contributed by atoms with van der Waals surface area (Å²) in [4.78, 5) is 2.71. The molecule has 2 atom stereocenters. The van der Waals surface area contributed by atoms with Gasteiger partial charge in [0.05, 0.1) is 0 Å². The summed E-state index contributed by atoms with van der Waals surface area (Å²) in [5.41, 5.74) is 6.54. The molecule has 1 saturated heterocycles. The van der Waals surface area contributed by atoms with E-state index in [1.165, 1.54) is 50.9 Å². The normalized spacial score (nSPS) is 34.8. The highest BCUT2D eigenvalue weighted by atomic mass is 32.2. The molecule has 0 bridgehead atoms. The maximum Gasteiger partial charge on any atom is 0.0184 e. The molecule has 2 fully saturated rings. The predicted molar refractivity (Wildman–Crippen MR) is 77.5 cm³/mol. The lowest BCUT2D eigenvalue weighted by molar-refractivity contribution is 0.0881. The molecule has 1 heterocycles. The van der Waals surface area contributed by atoms with Crippen LogP contribution in [0, 0.1) is 5.41 Å². The molecule has 1 saturated carbocycles. The first kappa shape index (κ1) is 13.7. The van der Waals surface area contributed by atoms with E-state index >= 15 is 0 Å². The SMILES string of the molecule is CC1SCCN(CC2(CN)CCCCC2)C1C. The summed E-state index contributed by atoms with van der Waals surface area (Å²) >= 11 is 2.13. The second kappa shape index (κ2) is 5.94. The van der Waals surface area contributed by atoms with Crippen LogP contribution in [0.5, 0.6) is 0 Å². The van der Waals surface area contributed by atoms with Crippen molar-refractivity contribution in [2.24, 2.45) is 11.1 Å². The summed E-state index contributed by atoms with van der Waals surface area (Å²) in [5, 5.41) is 0.780. The number of nitrogens with two attached hydrogens (primary N) is 1. The van der Waals surface area contributed by atoms with E-state index in [0.29, 0.717) is 5.41 Å². The number of rotatable bonds is 3. The van der Waals surface area contributed by atoms with Crippen LogP contribution in [0.25, 0.3) is 0 Å². The average molecular weight is 256 g/mol. The molecular weight excluding hydrogens is 228 g/mol. The summed E-state index contributed by atoms with van der Waals surface area (Å²) in [5.74, 6) is 1.30. The third-order valence-electron chi connectivity index (χ3n) is 4.90. The van der Waals surface area contributed by atoms with Crippen LogP contribution in [0.2, 0.25) is 0 Å². The molecular formula is C14H28N2S. The second-order valence-corrected chi connectivity index (χ2v) is 7.54. The fourth-order valence-electron chi connectivity index (χ4n) is 3.38. The molecule has 0 aromatic carbocycles. The molecule has 0 aromatic heterocycles. The zero-order chi connectivity index (χ0) is 12.3. The fourth-order valence-corrected chi connectivity index (χ4v) is 4.54. The quantitative estimate of drug-likeness (QED) is 0.842. The van der Waals surface area contributed by atoms with Crippen LogP contribution in [0.15, 0.2) is 0 Å². The zero-order valence-electron chi connectivity index (χ0n) is 11.5. The Morgan fingerprint density at radius 2 is 1.94 bits per heavy atom. The van der Waals surface area contributed by atoms with E-state index in [9.17, 15) is 0 Å². The van der Waals surface area contributed by atoms with Crippen molar-refractivity contribution in [1.82, 2.24) is 4.90 Å². The lowest BCUT2D eigenvalue weighted by Gasteiger charge is -2.45. The molecule has 0 spiro atoms. The Hall–Kier alpha value is 0.270. The Morgan fingerprint density at radius 1 is 1.24 bits per heavy atom. The molecule has 100 valence electrons. The average Bonchev–Trinajstić information content (AvgIpc) is 2.36. The van der Waals surface area contributed by atoms with Crippen molar-refractivity contribution in [3.05, 3.63) is 0 Å². The number of hydrogen-bond acceptors (Lipinski definition) is 3. The van der Waals surface area contributed by atoms with Crippen molar-refractivity contribution in [3.8, 4) is 0 Å². The Labute approximate surface area is 111 Å². The third-order valence-corrected chi connectivity index (χ3v) is 6.24. The highest BCUT2D eigenvalue weighted by molar-refractivity contribution is 8.00. The van der Waals surface area contributed by atoms with Gasteiger partial charge in [-0.25, -0.2) is 0 Å². The van der Waals surface area contributed by atoms with E-state index in [1.807, 2.05) is 0 Å². The maximum absolute atomic E-state index is 6.10. The Kier molecular flexibility index (Phi) is 4.79. The van der Waals surface area contributed by atoms with Crippen molar-refractivity contribution in [2.45, 2.75) is 57.2 Å². The van der Waals surface area contributed by atoms with Crippen LogP contribution in [-0.4, -0.2) is 41.6 Å². The standard InChI is InChI=1S/C14H28N2S/c1-12-13(2)17-9-8-16(12)11-14(10-15)6-4-3-5-7-14/h12-13H,3-11,15H2,1-2H3. The van der Waals surface area contributed by atoms with Gasteiger partial charge in [0.15, 0.2) is 0 Å². The van der Waals surface area contributed by atoms with Crippen LogP contribution in [0.1, 0.15) is 46.0 Å². The second-order valence-electron chi connectivity index (χ2n) is 6.05. The van der Waals surface area contributed by atoms with Gasteiger partial charge in [-0.05, 0) is 31.7 Å². The molecule has 17 heavy (non-hydrogen) atoms. The maximum atomic E-state index is 6.10. The minimum Gasteiger partial charge on any atom is -0.330 e. The van der Waals surface area contributed by atoms with Gasteiger partial charge < -0.3 is 5.73 Å². The molecule has 1 aliphatic carbocycles. The summed E-state index contributed by atoms with van der Waals surface area (Å²) in [6.45, 7) is 8.16. The molecule has 2 unspecified atom stereocenters. The van der Waals surface area contributed by atoms with Crippen LogP contribution < -0.4 is 5.73 Å². The Balaban J connectivity index is 1.97. The van der Waals surface area contributed by atoms with Gasteiger partial charge in [-0.3, -0.25) is 4.90 Å². The van der Waals surface area contributed by atoms with Gasteiger partial charge in [-0.1, -0.05) is 26.2 Å². The van der Waals surface area contributed by atoms with Crippen molar-refractivity contribution in [3.63, 3.8) is 0 Å². The first-order valence-electron chi connectivity index (χ1n) is 7.23. The van der Waals surface area contributed by atoms with Gasteiger partial charge in [0.2, 0.25) is 0 Å². The van der Waals surface area contributed by atoms with Crippen LogP contribution in [-0.2, 0) is 0 Å². The molecule has 2 N–H and O–H groups in total. The van der Waals surface area contributed by atoms with Crippen molar-refractivity contribution in [1.29, 1.82) is 0 Å². The van der Waals surface area contributed by atoms with E-state index in [-0.39, 0.29) is 0 Å². The lowest BCUT2D eigenvalue weighted by atomic mass is 9.73. The zero-order valence-corrected chi connectivity index (χ0v) is 12.3. The first-order valence-corrected chi connectivity index (χ1v) is 8.27. The molecule has 1 aliphatic heterocycles. The number of nitrogens with zero attached hydrogens (tertiary/aromatic N) is 1. The molecule has 2 rings (SSSR count). The predicted octanol–water partition coefficient (Wildman–Crippen LogP) is 2.72. The molecule has 0 aromatic rings. The van der Waals surface area contributed by atoms with Crippen molar-refractivity contribution < 1.29 is 0 Å². The minimum absolute atomic E-state index is 0.439. The summed E-state index contributed by atoms with van der Waals surface area (Å²) in [7, 11) is 0. The molecule has 3 heteroatoms. The Morgan fingerprint density at radius 3 is 2.59 bits per heavy atom. The van der Waals surface area contributed by atoms with Gasteiger partial charge in [-0.15, -0.1) is 0 Å². The van der Waals surface area contributed by atoms with E-state index in [4.69, 9.17) is 5.73 Å². The monoisotopic (exact) mass is 256 g/mol. The third kappa shape index (κ3) is 3.18. The molecule has 2 nitrogen and oxygen atoms in total. The van der Waals surface area contributed by atoms with E-state index in [1.54, 1.807) is 0 Å². The highest BCUT2D eigenvalue weighted by Gasteiger charge is 2.35. The van der Waals surface area contributed by atoms with Crippen molar-refractivity contribution in [2.75, 3.05) is 25.4 Å². The highest BCUT2D eigenvalue weighted by Crippen LogP contribution is 2.38. The number of hydrogen-bond donors (Lipinski definition) is 1. The van der Waals surface area contributed by atoms with E-state index in [2.05, 4.69) is 30.5 Å². The lowest BCUT2D eigenvalue weighted by Crippen LogP contribution is -2.52.